The summed E-state index contributed by atoms with van der Waals surface area (Å²) >= 11 is 0. The van der Waals surface area contributed by atoms with Gasteiger partial charge in [0.25, 0.3) is 0 Å². The largest absolute Gasteiger partial charge is 0.465 e. The lowest BCUT2D eigenvalue weighted by molar-refractivity contribution is -0.147. The van der Waals surface area contributed by atoms with Gasteiger partial charge < -0.3 is 9.47 Å². The second kappa shape index (κ2) is 6.99. The van der Waals surface area contributed by atoms with E-state index in [2.05, 4.69) is 10.1 Å². The van der Waals surface area contributed by atoms with Gasteiger partial charge in [-0.05, 0) is 17.7 Å². The number of methoxy groups -OCH3 is 1. The van der Waals surface area contributed by atoms with Crippen LogP contribution in [0.3, 0.4) is 0 Å². The van der Waals surface area contributed by atoms with Crippen LogP contribution in [0.2, 0.25) is 0 Å². The van der Waals surface area contributed by atoms with Crippen molar-refractivity contribution in [3.63, 3.8) is 0 Å². The van der Waals surface area contributed by atoms with E-state index in [0.717, 1.165) is 5.56 Å². The molecule has 1 aromatic carbocycles. The summed E-state index contributed by atoms with van der Waals surface area (Å²) in [5.74, 6) is -1.04. The molecule has 0 aromatic heterocycles. The topological polar surface area (TPSA) is 81.7 Å². The third-order valence-corrected chi connectivity index (χ3v) is 3.29. The first-order valence-electron chi connectivity index (χ1n) is 6.72. The molecule has 0 unspecified atom stereocenters. The van der Waals surface area contributed by atoms with E-state index >= 15 is 0 Å². The van der Waals surface area contributed by atoms with Crippen LogP contribution in [0.15, 0.2) is 24.3 Å². The van der Waals surface area contributed by atoms with Gasteiger partial charge in [-0.15, -0.1) is 0 Å². The normalized spacial score (nSPS) is 17.6. The van der Waals surface area contributed by atoms with Crippen LogP contribution in [-0.4, -0.2) is 44.0 Å². The van der Waals surface area contributed by atoms with Gasteiger partial charge in [-0.25, -0.2) is 9.59 Å². The van der Waals surface area contributed by atoms with Crippen molar-refractivity contribution in [2.75, 3.05) is 20.3 Å². The van der Waals surface area contributed by atoms with Crippen LogP contribution in [0.1, 0.15) is 22.3 Å². The van der Waals surface area contributed by atoms with E-state index in [4.69, 9.17) is 4.74 Å². The summed E-state index contributed by atoms with van der Waals surface area (Å²) in [6.45, 7) is 0.718. The van der Waals surface area contributed by atoms with Crippen molar-refractivity contribution < 1.29 is 23.9 Å². The minimum atomic E-state index is -0.813. The van der Waals surface area contributed by atoms with Gasteiger partial charge in [-0.2, -0.15) is 0 Å². The Bertz CT molecular complexity index is 537. The maximum Gasteiger partial charge on any atom is 0.337 e. The van der Waals surface area contributed by atoms with Crippen LogP contribution in [0.25, 0.3) is 0 Å². The summed E-state index contributed by atoms with van der Waals surface area (Å²) in [6.07, 6.45) is 0.892. The number of hydrogen-bond acceptors (Lipinski definition) is 6. The quantitative estimate of drug-likeness (QED) is 0.628. The number of carbonyl (C=O) groups excluding carboxylic acids is 3. The van der Waals surface area contributed by atoms with E-state index in [1.165, 1.54) is 7.11 Å². The standard InChI is InChI=1S/C15H17NO5/c1-20-14(18)11-4-2-10(3-5-11)7-9-21-15(19)13-12(17)6-8-16-13/h2-5,13,16H,6-9H2,1H3/t13-/m1/s1. The molecule has 2 rings (SSSR count). The number of Topliss-reactive ketones (excluding diaryl/α,β-unsaturated/α-hetero) is 1. The van der Waals surface area contributed by atoms with Gasteiger partial charge in [-0.3, -0.25) is 10.1 Å². The van der Waals surface area contributed by atoms with Crippen LogP contribution in [0.4, 0.5) is 0 Å². The SMILES string of the molecule is COC(=O)c1ccc(CCOC(=O)[C@@H]2NCCC2=O)cc1. The van der Waals surface area contributed by atoms with E-state index in [9.17, 15) is 14.4 Å². The van der Waals surface area contributed by atoms with Crippen molar-refractivity contribution in [2.45, 2.75) is 18.9 Å². The first kappa shape index (κ1) is 15.2. The monoisotopic (exact) mass is 291 g/mol. The van der Waals surface area contributed by atoms with Crippen molar-refractivity contribution in [1.29, 1.82) is 0 Å². The minimum Gasteiger partial charge on any atom is -0.465 e. The van der Waals surface area contributed by atoms with Crippen LogP contribution in [-0.2, 0) is 25.5 Å². The van der Waals surface area contributed by atoms with Gasteiger partial charge in [0.15, 0.2) is 11.8 Å². The number of ketones is 1. The summed E-state index contributed by atoms with van der Waals surface area (Å²) in [6, 6.07) is 6.06. The molecule has 1 saturated heterocycles. The molecule has 1 aliphatic heterocycles. The Labute approximate surface area is 122 Å². The molecule has 0 saturated carbocycles. The lowest BCUT2D eigenvalue weighted by atomic mass is 10.1. The second-order valence-corrected chi connectivity index (χ2v) is 4.71. The zero-order valence-corrected chi connectivity index (χ0v) is 11.8. The van der Waals surface area contributed by atoms with Crippen LogP contribution >= 0.6 is 0 Å². The molecule has 1 N–H and O–H groups in total. The predicted molar refractivity (Wildman–Crippen MR) is 73.9 cm³/mol. The predicted octanol–water partition coefficient (Wildman–Crippen LogP) is 0.490. The van der Waals surface area contributed by atoms with E-state index in [1.54, 1.807) is 24.3 Å². The Hall–Kier alpha value is -2.21. The average molecular weight is 291 g/mol. The van der Waals surface area contributed by atoms with E-state index in [-0.39, 0.29) is 12.4 Å². The molecule has 0 amide bonds. The summed E-state index contributed by atoms with van der Waals surface area (Å²) in [5.41, 5.74) is 1.40. The zero-order chi connectivity index (χ0) is 15.2. The first-order valence-corrected chi connectivity index (χ1v) is 6.72. The molecular weight excluding hydrogens is 274 g/mol. The molecular formula is C15H17NO5. The molecule has 1 heterocycles. The van der Waals surface area contributed by atoms with Gasteiger partial charge in [0.05, 0.1) is 19.3 Å². The maximum atomic E-state index is 11.7. The molecule has 1 atom stereocenters. The lowest BCUT2D eigenvalue weighted by Crippen LogP contribution is -2.37. The fraction of sp³-hybridized carbons (Fsp3) is 0.400. The van der Waals surface area contributed by atoms with Crippen LogP contribution < -0.4 is 5.32 Å². The molecule has 0 radical (unpaired) electrons. The number of rotatable bonds is 5. The average Bonchev–Trinajstić information content (AvgIpc) is 2.93. The number of esters is 2. The van der Waals surface area contributed by atoms with E-state index in [1.807, 2.05) is 0 Å². The molecule has 6 nitrogen and oxygen atoms in total. The van der Waals surface area contributed by atoms with E-state index < -0.39 is 18.0 Å². The molecule has 1 fully saturated rings. The number of carbonyl (C=O) groups is 3. The highest BCUT2D eigenvalue weighted by atomic mass is 16.5. The molecule has 6 heteroatoms. The Kier molecular flexibility index (Phi) is 5.05. The maximum absolute atomic E-state index is 11.7. The summed E-state index contributed by atoms with van der Waals surface area (Å²) in [5, 5.41) is 2.81. The Morgan fingerprint density at radius 3 is 2.57 bits per heavy atom. The second-order valence-electron chi connectivity index (χ2n) is 4.71. The van der Waals surface area contributed by atoms with Gasteiger partial charge in [0, 0.05) is 19.4 Å². The van der Waals surface area contributed by atoms with Crippen molar-refractivity contribution in [3.05, 3.63) is 35.4 Å². The molecule has 0 aliphatic carbocycles. The molecule has 0 bridgehead atoms. The summed E-state index contributed by atoms with van der Waals surface area (Å²) < 4.78 is 9.69. The number of hydrogen-bond donors (Lipinski definition) is 1. The van der Waals surface area contributed by atoms with E-state index in [0.29, 0.717) is 24.9 Å². The first-order chi connectivity index (χ1) is 10.1. The van der Waals surface area contributed by atoms with Crippen molar-refractivity contribution >= 4 is 17.7 Å². The molecule has 21 heavy (non-hydrogen) atoms. The number of ether oxygens (including phenoxy) is 2. The highest BCUT2D eigenvalue weighted by molar-refractivity contribution is 6.04. The van der Waals surface area contributed by atoms with Gasteiger partial charge in [-0.1, -0.05) is 12.1 Å². The van der Waals surface area contributed by atoms with Gasteiger partial charge in [0.2, 0.25) is 0 Å². The highest BCUT2D eigenvalue weighted by Gasteiger charge is 2.31. The van der Waals surface area contributed by atoms with Gasteiger partial charge in [0.1, 0.15) is 0 Å². The van der Waals surface area contributed by atoms with Gasteiger partial charge >= 0.3 is 11.9 Å². The zero-order valence-electron chi connectivity index (χ0n) is 11.8. The molecule has 112 valence electrons. The lowest BCUT2D eigenvalue weighted by Gasteiger charge is -2.09. The molecule has 1 aliphatic rings. The Morgan fingerprint density at radius 1 is 1.29 bits per heavy atom. The summed E-state index contributed by atoms with van der Waals surface area (Å²) in [7, 11) is 1.33. The highest BCUT2D eigenvalue weighted by Crippen LogP contribution is 2.08. The molecule has 0 spiro atoms. The smallest absolute Gasteiger partial charge is 0.337 e. The third-order valence-electron chi connectivity index (χ3n) is 3.29. The van der Waals surface area contributed by atoms with Crippen molar-refractivity contribution in [1.82, 2.24) is 5.32 Å². The van der Waals surface area contributed by atoms with Crippen molar-refractivity contribution in [3.8, 4) is 0 Å². The Balaban J connectivity index is 1.79. The fourth-order valence-corrected chi connectivity index (χ4v) is 2.09. The number of nitrogens with one attached hydrogen (secondary N) is 1. The molecule has 1 aromatic rings. The Morgan fingerprint density at radius 2 is 2.00 bits per heavy atom. The minimum absolute atomic E-state index is 0.123. The summed E-state index contributed by atoms with van der Waals surface area (Å²) in [4.78, 5) is 34.3. The van der Waals surface area contributed by atoms with Crippen molar-refractivity contribution in [2.24, 2.45) is 0 Å². The fourth-order valence-electron chi connectivity index (χ4n) is 2.09. The van der Waals surface area contributed by atoms with Crippen LogP contribution in [0, 0.1) is 0 Å². The van der Waals surface area contributed by atoms with Crippen LogP contribution in [0.5, 0.6) is 0 Å². The third kappa shape index (κ3) is 3.88. The number of benzene rings is 1.